The monoisotopic (exact) mass is 421 g/mol. The maximum atomic E-state index is 13.6. The standard InChI is InChI=1S/C20H24FN3O4S/c1-28-16-6-8-17(9-7-16)29(26,27)24-14-12-23(13-15-24)11-10-22-20(25)18-4-2-3-5-19(18)21/h2-9H,10-15H2,1H3,(H,22,25). The van der Waals surface area contributed by atoms with E-state index < -0.39 is 21.7 Å². The highest BCUT2D eigenvalue weighted by Gasteiger charge is 2.28. The number of amides is 1. The van der Waals surface area contributed by atoms with Crippen LogP contribution in [0.25, 0.3) is 0 Å². The zero-order valence-electron chi connectivity index (χ0n) is 16.2. The minimum atomic E-state index is -3.55. The molecule has 1 aliphatic heterocycles. The first-order chi connectivity index (χ1) is 13.9. The van der Waals surface area contributed by atoms with E-state index in [0.29, 0.717) is 45.0 Å². The summed E-state index contributed by atoms with van der Waals surface area (Å²) in [6, 6.07) is 12.2. The molecule has 0 radical (unpaired) electrons. The van der Waals surface area contributed by atoms with E-state index in [2.05, 4.69) is 10.2 Å². The van der Waals surface area contributed by atoms with Crippen LogP contribution >= 0.6 is 0 Å². The van der Waals surface area contributed by atoms with E-state index in [1.165, 1.54) is 29.6 Å². The topological polar surface area (TPSA) is 79.0 Å². The van der Waals surface area contributed by atoms with Crippen LogP contribution in [0.15, 0.2) is 53.4 Å². The van der Waals surface area contributed by atoms with Gasteiger partial charge in [-0.25, -0.2) is 12.8 Å². The van der Waals surface area contributed by atoms with Gasteiger partial charge in [0.1, 0.15) is 11.6 Å². The molecule has 0 saturated carbocycles. The summed E-state index contributed by atoms with van der Waals surface area (Å²) in [6.45, 7) is 2.79. The molecule has 2 aromatic rings. The number of hydrogen-bond acceptors (Lipinski definition) is 5. The molecule has 3 rings (SSSR count). The lowest BCUT2D eigenvalue weighted by Crippen LogP contribution is -2.50. The molecule has 1 heterocycles. The van der Waals surface area contributed by atoms with Gasteiger partial charge in [0.25, 0.3) is 5.91 Å². The van der Waals surface area contributed by atoms with E-state index in [1.807, 2.05) is 0 Å². The highest BCUT2D eigenvalue weighted by atomic mass is 32.2. The summed E-state index contributed by atoms with van der Waals surface area (Å²) in [7, 11) is -2.02. The number of benzene rings is 2. The lowest BCUT2D eigenvalue weighted by molar-refractivity contribution is 0.0941. The molecular weight excluding hydrogens is 397 g/mol. The first-order valence-electron chi connectivity index (χ1n) is 9.31. The van der Waals surface area contributed by atoms with Gasteiger partial charge in [-0.2, -0.15) is 4.31 Å². The third kappa shape index (κ3) is 5.11. The second-order valence-electron chi connectivity index (χ2n) is 6.66. The van der Waals surface area contributed by atoms with Crippen molar-refractivity contribution in [3.8, 4) is 5.75 Å². The van der Waals surface area contributed by atoms with Crippen molar-refractivity contribution < 1.29 is 22.3 Å². The molecule has 0 aromatic heterocycles. The molecule has 29 heavy (non-hydrogen) atoms. The summed E-state index contributed by atoms with van der Waals surface area (Å²) < 4.78 is 45.7. The molecule has 2 aromatic carbocycles. The molecule has 1 fully saturated rings. The van der Waals surface area contributed by atoms with Crippen molar-refractivity contribution in [3.05, 3.63) is 59.9 Å². The van der Waals surface area contributed by atoms with E-state index in [1.54, 1.807) is 30.3 Å². The lowest BCUT2D eigenvalue weighted by atomic mass is 10.2. The van der Waals surface area contributed by atoms with Gasteiger partial charge in [-0.15, -0.1) is 0 Å². The number of methoxy groups -OCH3 is 1. The average molecular weight is 421 g/mol. The van der Waals surface area contributed by atoms with E-state index in [0.717, 1.165) is 0 Å². The predicted octanol–water partition coefficient (Wildman–Crippen LogP) is 1.57. The fourth-order valence-corrected chi connectivity index (χ4v) is 4.58. The Labute approximate surface area is 170 Å². The molecule has 0 spiro atoms. The maximum absolute atomic E-state index is 13.6. The third-order valence-electron chi connectivity index (χ3n) is 4.86. The molecule has 0 bridgehead atoms. The molecule has 1 amide bonds. The van der Waals surface area contributed by atoms with Crippen LogP contribution in [0.3, 0.4) is 0 Å². The Morgan fingerprint density at radius 1 is 1.07 bits per heavy atom. The second-order valence-corrected chi connectivity index (χ2v) is 8.59. The van der Waals surface area contributed by atoms with Crippen LogP contribution in [0.2, 0.25) is 0 Å². The van der Waals surface area contributed by atoms with Gasteiger partial charge in [0, 0.05) is 39.3 Å². The maximum Gasteiger partial charge on any atom is 0.254 e. The molecule has 1 saturated heterocycles. The van der Waals surface area contributed by atoms with E-state index in [4.69, 9.17) is 4.74 Å². The van der Waals surface area contributed by atoms with Gasteiger partial charge in [-0.05, 0) is 36.4 Å². The Morgan fingerprint density at radius 2 is 1.72 bits per heavy atom. The number of ether oxygens (including phenoxy) is 1. The zero-order chi connectivity index (χ0) is 20.9. The number of halogens is 1. The normalized spacial score (nSPS) is 15.8. The third-order valence-corrected chi connectivity index (χ3v) is 6.77. The first-order valence-corrected chi connectivity index (χ1v) is 10.7. The van der Waals surface area contributed by atoms with Crippen LogP contribution in [0.5, 0.6) is 5.75 Å². The van der Waals surface area contributed by atoms with Crippen molar-refractivity contribution >= 4 is 15.9 Å². The van der Waals surface area contributed by atoms with Crippen LogP contribution in [0.1, 0.15) is 10.4 Å². The molecule has 1 aliphatic rings. The second kappa shape index (κ2) is 9.34. The predicted molar refractivity (Wildman–Crippen MR) is 107 cm³/mol. The Hall–Kier alpha value is -2.49. The van der Waals surface area contributed by atoms with Crippen LogP contribution in [-0.2, 0) is 10.0 Å². The minimum Gasteiger partial charge on any atom is -0.497 e. The molecule has 156 valence electrons. The summed E-state index contributed by atoms with van der Waals surface area (Å²) in [5, 5.41) is 2.70. The van der Waals surface area contributed by atoms with Crippen molar-refractivity contribution in [1.82, 2.24) is 14.5 Å². The number of rotatable bonds is 7. The fraction of sp³-hybridized carbons (Fsp3) is 0.350. The number of nitrogens with one attached hydrogen (secondary N) is 1. The number of carbonyl (C=O) groups excluding carboxylic acids is 1. The smallest absolute Gasteiger partial charge is 0.254 e. The zero-order valence-corrected chi connectivity index (χ0v) is 17.0. The van der Waals surface area contributed by atoms with Crippen LogP contribution in [0.4, 0.5) is 4.39 Å². The SMILES string of the molecule is COc1ccc(S(=O)(=O)N2CCN(CCNC(=O)c3ccccc3F)CC2)cc1. The lowest BCUT2D eigenvalue weighted by Gasteiger charge is -2.34. The summed E-state index contributed by atoms with van der Waals surface area (Å²) in [5.74, 6) is -0.405. The highest BCUT2D eigenvalue weighted by molar-refractivity contribution is 7.89. The first kappa shape index (κ1) is 21.2. The largest absolute Gasteiger partial charge is 0.497 e. The van der Waals surface area contributed by atoms with Crippen LogP contribution in [-0.4, -0.2) is 69.9 Å². The Morgan fingerprint density at radius 3 is 2.34 bits per heavy atom. The molecular formula is C20H24FN3O4S. The molecule has 0 unspecified atom stereocenters. The van der Waals surface area contributed by atoms with Crippen molar-refractivity contribution in [3.63, 3.8) is 0 Å². The van der Waals surface area contributed by atoms with Crippen LogP contribution in [0, 0.1) is 5.82 Å². The Bertz CT molecular complexity index is 942. The number of hydrogen-bond donors (Lipinski definition) is 1. The molecule has 0 atom stereocenters. The molecule has 0 aliphatic carbocycles. The van der Waals surface area contributed by atoms with Crippen molar-refractivity contribution in [2.45, 2.75) is 4.90 Å². The summed E-state index contributed by atoms with van der Waals surface area (Å²) in [6.07, 6.45) is 0. The number of piperazine rings is 1. The van der Waals surface area contributed by atoms with E-state index in [-0.39, 0.29) is 10.5 Å². The fourth-order valence-electron chi connectivity index (χ4n) is 3.16. The van der Waals surface area contributed by atoms with Gasteiger partial charge < -0.3 is 10.1 Å². The van der Waals surface area contributed by atoms with Gasteiger partial charge >= 0.3 is 0 Å². The van der Waals surface area contributed by atoms with Gasteiger partial charge in [-0.1, -0.05) is 12.1 Å². The summed E-state index contributed by atoms with van der Waals surface area (Å²) in [4.78, 5) is 14.3. The highest BCUT2D eigenvalue weighted by Crippen LogP contribution is 2.20. The molecule has 9 heteroatoms. The summed E-state index contributed by atoms with van der Waals surface area (Å²) in [5.41, 5.74) is 0.0166. The number of sulfonamides is 1. The van der Waals surface area contributed by atoms with Crippen molar-refractivity contribution in [1.29, 1.82) is 0 Å². The number of carbonyl (C=O) groups is 1. The molecule has 7 nitrogen and oxygen atoms in total. The van der Waals surface area contributed by atoms with Crippen molar-refractivity contribution in [2.75, 3.05) is 46.4 Å². The van der Waals surface area contributed by atoms with Crippen molar-refractivity contribution in [2.24, 2.45) is 0 Å². The van der Waals surface area contributed by atoms with E-state index in [9.17, 15) is 17.6 Å². The Kier molecular flexibility index (Phi) is 6.83. The summed E-state index contributed by atoms with van der Waals surface area (Å²) >= 11 is 0. The van der Waals surface area contributed by atoms with Gasteiger partial charge in [0.05, 0.1) is 17.6 Å². The van der Waals surface area contributed by atoms with Gasteiger partial charge in [0.15, 0.2) is 0 Å². The number of nitrogens with zero attached hydrogens (tertiary/aromatic N) is 2. The van der Waals surface area contributed by atoms with Gasteiger partial charge in [-0.3, -0.25) is 9.69 Å². The molecule has 1 N–H and O–H groups in total. The average Bonchev–Trinajstić information content (AvgIpc) is 2.74. The Balaban J connectivity index is 1.47. The van der Waals surface area contributed by atoms with Gasteiger partial charge in [0.2, 0.25) is 10.0 Å². The van der Waals surface area contributed by atoms with E-state index >= 15 is 0 Å². The minimum absolute atomic E-state index is 0.0166. The van der Waals surface area contributed by atoms with Crippen LogP contribution < -0.4 is 10.1 Å². The quantitative estimate of drug-likeness (QED) is 0.734.